The van der Waals surface area contributed by atoms with Crippen molar-refractivity contribution in [2.45, 2.75) is 38.1 Å². The van der Waals surface area contributed by atoms with E-state index in [1.165, 1.54) is 23.5 Å². The summed E-state index contributed by atoms with van der Waals surface area (Å²) in [6, 6.07) is 0.306. The average Bonchev–Trinajstić information content (AvgIpc) is 2.90. The molecule has 1 aliphatic rings. The van der Waals surface area contributed by atoms with Crippen molar-refractivity contribution in [1.29, 1.82) is 0 Å². The largest absolute Gasteiger partial charge is 0.268 e. The Bertz CT molecular complexity index is 515. The van der Waals surface area contributed by atoms with Crippen LogP contribution in [0.1, 0.15) is 42.4 Å². The molecule has 1 fully saturated rings. The van der Waals surface area contributed by atoms with Crippen molar-refractivity contribution < 1.29 is 0 Å². The number of halogens is 1. The number of aromatic nitrogens is 3. The van der Waals surface area contributed by atoms with Crippen LogP contribution in [0, 0.1) is 0 Å². The van der Waals surface area contributed by atoms with E-state index in [-0.39, 0.29) is 0 Å². The number of hydrogen-bond donors (Lipinski definition) is 0. The van der Waals surface area contributed by atoms with Crippen molar-refractivity contribution in [1.82, 2.24) is 14.8 Å². The molecule has 2 aromatic heterocycles. The topological polar surface area (TPSA) is 30.7 Å². The van der Waals surface area contributed by atoms with Gasteiger partial charge in [-0.3, -0.25) is 4.68 Å². The van der Waals surface area contributed by atoms with Crippen LogP contribution in [0.2, 0.25) is 5.02 Å². The number of hydrogen-bond acceptors (Lipinski definition) is 3. The summed E-state index contributed by atoms with van der Waals surface area (Å²) in [5, 5.41) is 8.32. The average molecular weight is 268 g/mol. The molecule has 0 bridgehead atoms. The van der Waals surface area contributed by atoms with Gasteiger partial charge in [-0.25, -0.2) is 4.98 Å². The third kappa shape index (κ3) is 2.53. The summed E-state index contributed by atoms with van der Waals surface area (Å²) in [6.45, 7) is 2.14. The van der Waals surface area contributed by atoms with E-state index >= 15 is 0 Å². The van der Waals surface area contributed by atoms with Crippen molar-refractivity contribution in [3.8, 4) is 0 Å². The lowest BCUT2D eigenvalue weighted by molar-refractivity contribution is 0.487. The molecule has 2 heterocycles. The molecular weight excluding hydrogens is 254 g/mol. The minimum Gasteiger partial charge on any atom is -0.268 e. The van der Waals surface area contributed by atoms with Crippen LogP contribution in [0.15, 0.2) is 17.8 Å². The highest BCUT2D eigenvalue weighted by Crippen LogP contribution is 2.40. The summed E-state index contributed by atoms with van der Waals surface area (Å²) < 4.78 is 1.90. The predicted octanol–water partition coefficient (Wildman–Crippen LogP) is 3.67. The molecule has 90 valence electrons. The first-order valence-corrected chi connectivity index (χ1v) is 7.12. The Labute approximate surface area is 109 Å². The second-order valence-electron chi connectivity index (χ2n) is 4.63. The summed E-state index contributed by atoms with van der Waals surface area (Å²) in [5.41, 5.74) is 1.29. The Morgan fingerprint density at radius 3 is 3.06 bits per heavy atom. The van der Waals surface area contributed by atoms with Crippen molar-refractivity contribution >= 4 is 22.9 Å². The second-order valence-corrected chi connectivity index (χ2v) is 6.01. The zero-order valence-electron chi connectivity index (χ0n) is 9.64. The predicted molar refractivity (Wildman–Crippen MR) is 69.7 cm³/mol. The fraction of sp³-hybridized carbons (Fsp3) is 0.500. The quantitative estimate of drug-likeness (QED) is 0.846. The van der Waals surface area contributed by atoms with Crippen LogP contribution in [0.5, 0.6) is 0 Å². The van der Waals surface area contributed by atoms with Gasteiger partial charge >= 0.3 is 0 Å². The highest BCUT2D eigenvalue weighted by atomic mass is 35.5. The van der Waals surface area contributed by atoms with E-state index in [9.17, 15) is 0 Å². The Morgan fingerprint density at radius 2 is 2.41 bits per heavy atom. The molecule has 0 radical (unpaired) electrons. The van der Waals surface area contributed by atoms with Gasteiger partial charge in [-0.2, -0.15) is 5.10 Å². The van der Waals surface area contributed by atoms with Crippen molar-refractivity contribution in [2.75, 3.05) is 0 Å². The molecule has 0 spiro atoms. The first kappa shape index (κ1) is 11.2. The van der Waals surface area contributed by atoms with Crippen LogP contribution in [0.3, 0.4) is 0 Å². The first-order chi connectivity index (χ1) is 8.22. The molecule has 0 aromatic carbocycles. The zero-order valence-corrected chi connectivity index (χ0v) is 11.2. The molecule has 3 rings (SSSR count). The van der Waals surface area contributed by atoms with E-state index in [1.807, 2.05) is 10.9 Å². The molecular formula is C12H14ClN3S. The van der Waals surface area contributed by atoms with Gasteiger partial charge in [-0.15, -0.1) is 11.3 Å². The Kier molecular flexibility index (Phi) is 2.92. The molecule has 0 N–H and O–H groups in total. The molecule has 2 aromatic rings. The third-order valence-corrected chi connectivity index (χ3v) is 4.14. The smallest absolute Gasteiger partial charge is 0.0949 e. The normalized spacial score (nSPS) is 17.3. The summed E-state index contributed by atoms with van der Waals surface area (Å²) in [5.74, 6) is 0.745. The number of thiazole rings is 1. The van der Waals surface area contributed by atoms with Gasteiger partial charge in [0.15, 0.2) is 0 Å². The lowest BCUT2D eigenvalue weighted by atomic mass is 10.2. The Morgan fingerprint density at radius 1 is 1.59 bits per heavy atom. The van der Waals surface area contributed by atoms with Crippen molar-refractivity contribution in [3.05, 3.63) is 33.5 Å². The molecule has 3 nitrogen and oxygen atoms in total. The number of rotatable bonds is 4. The van der Waals surface area contributed by atoms with Gasteiger partial charge in [0, 0.05) is 23.9 Å². The first-order valence-electron chi connectivity index (χ1n) is 5.86. The van der Waals surface area contributed by atoms with Gasteiger partial charge in [0.25, 0.3) is 0 Å². The fourth-order valence-corrected chi connectivity index (χ4v) is 3.03. The zero-order chi connectivity index (χ0) is 11.8. The Hall–Kier alpha value is -0.870. The fourth-order valence-electron chi connectivity index (χ4n) is 1.89. The molecule has 0 saturated heterocycles. The van der Waals surface area contributed by atoms with Gasteiger partial charge < -0.3 is 0 Å². The minimum absolute atomic E-state index is 0.306. The summed E-state index contributed by atoms with van der Waals surface area (Å²) >= 11 is 7.63. The van der Waals surface area contributed by atoms with Gasteiger partial charge in [0.2, 0.25) is 0 Å². The van der Waals surface area contributed by atoms with Crippen molar-refractivity contribution in [2.24, 2.45) is 0 Å². The lowest BCUT2D eigenvalue weighted by Gasteiger charge is -2.09. The van der Waals surface area contributed by atoms with E-state index < -0.39 is 0 Å². The second kappa shape index (κ2) is 4.42. The van der Waals surface area contributed by atoms with Crippen LogP contribution in [-0.2, 0) is 6.42 Å². The molecule has 1 saturated carbocycles. The van der Waals surface area contributed by atoms with Gasteiger partial charge in [-0.1, -0.05) is 11.6 Å². The van der Waals surface area contributed by atoms with Crippen LogP contribution in [-0.4, -0.2) is 14.8 Å². The maximum absolute atomic E-state index is 5.87. The summed E-state index contributed by atoms with van der Waals surface area (Å²) in [4.78, 5) is 4.69. The lowest BCUT2D eigenvalue weighted by Crippen LogP contribution is -2.08. The van der Waals surface area contributed by atoms with E-state index in [2.05, 4.69) is 22.4 Å². The molecule has 0 aliphatic heterocycles. The molecule has 1 atom stereocenters. The monoisotopic (exact) mass is 267 g/mol. The van der Waals surface area contributed by atoms with Crippen LogP contribution in [0.25, 0.3) is 0 Å². The third-order valence-electron chi connectivity index (χ3n) is 3.06. The minimum atomic E-state index is 0.306. The van der Waals surface area contributed by atoms with E-state index in [0.717, 1.165) is 12.3 Å². The van der Waals surface area contributed by atoms with Gasteiger partial charge in [0.1, 0.15) is 0 Å². The van der Waals surface area contributed by atoms with Gasteiger partial charge in [0.05, 0.1) is 28.0 Å². The van der Waals surface area contributed by atoms with E-state index in [4.69, 9.17) is 11.6 Å². The maximum atomic E-state index is 5.87. The Balaban J connectivity index is 1.68. The van der Waals surface area contributed by atoms with Gasteiger partial charge in [-0.05, 0) is 19.8 Å². The maximum Gasteiger partial charge on any atom is 0.0949 e. The highest BCUT2D eigenvalue weighted by molar-refractivity contribution is 7.09. The molecule has 1 unspecified atom stereocenters. The SMILES string of the molecule is CC(Cc1nc(C2CC2)cs1)n1cc(Cl)cn1. The summed E-state index contributed by atoms with van der Waals surface area (Å²) in [6.07, 6.45) is 7.09. The van der Waals surface area contributed by atoms with E-state index in [0.29, 0.717) is 11.1 Å². The van der Waals surface area contributed by atoms with Crippen molar-refractivity contribution in [3.63, 3.8) is 0 Å². The van der Waals surface area contributed by atoms with E-state index in [1.54, 1.807) is 17.5 Å². The number of nitrogens with zero attached hydrogens (tertiary/aromatic N) is 3. The van der Waals surface area contributed by atoms with Crippen LogP contribution < -0.4 is 0 Å². The standard InChI is InChI=1S/C12H14ClN3S/c1-8(16-6-10(13)5-14-16)4-12-15-11(7-17-12)9-2-3-9/h5-9H,2-4H2,1H3. The molecule has 5 heteroatoms. The molecule has 1 aliphatic carbocycles. The molecule has 17 heavy (non-hydrogen) atoms. The summed E-state index contributed by atoms with van der Waals surface area (Å²) in [7, 11) is 0. The van der Waals surface area contributed by atoms with Crippen LogP contribution in [0.4, 0.5) is 0 Å². The highest BCUT2D eigenvalue weighted by Gasteiger charge is 2.26. The molecule has 0 amide bonds. The van der Waals surface area contributed by atoms with Crippen LogP contribution >= 0.6 is 22.9 Å².